The molecule has 0 aromatic carbocycles. The largest absolute Gasteiger partial charge is 0.391 e. The fourth-order valence-corrected chi connectivity index (χ4v) is 5.66. The van der Waals surface area contributed by atoms with Gasteiger partial charge in [-0.25, -0.2) is 4.98 Å². The predicted molar refractivity (Wildman–Crippen MR) is 156 cm³/mol. The lowest BCUT2D eigenvalue weighted by Crippen LogP contribution is -2.44. The van der Waals surface area contributed by atoms with Gasteiger partial charge in [-0.3, -0.25) is 4.79 Å². The first-order valence-electron chi connectivity index (χ1n) is 14.9. The van der Waals surface area contributed by atoms with Gasteiger partial charge >= 0.3 is 0 Å². The first kappa shape index (κ1) is 31.5. The molecule has 3 rings (SSSR count). The van der Waals surface area contributed by atoms with Gasteiger partial charge in [-0.2, -0.15) is 0 Å². The van der Waals surface area contributed by atoms with Crippen molar-refractivity contribution in [1.82, 2.24) is 14.7 Å². The Labute approximate surface area is 235 Å². The zero-order valence-corrected chi connectivity index (χ0v) is 25.0. The minimum absolute atomic E-state index is 0.0160. The molecule has 0 spiro atoms. The maximum Gasteiger partial charge on any atom is 0.223 e. The summed E-state index contributed by atoms with van der Waals surface area (Å²) in [5.74, 6) is 0.514. The van der Waals surface area contributed by atoms with E-state index < -0.39 is 12.1 Å². The summed E-state index contributed by atoms with van der Waals surface area (Å²) in [6.07, 6.45) is 9.40. The third kappa shape index (κ3) is 9.00. The van der Waals surface area contributed by atoms with Crippen molar-refractivity contribution in [2.24, 2.45) is 29.4 Å². The molecule has 5 atom stereocenters. The van der Waals surface area contributed by atoms with Crippen LogP contribution in [0.2, 0.25) is 0 Å². The molecule has 1 aliphatic rings. The molecule has 0 saturated carbocycles. The molecular weight excluding hydrogens is 492 g/mol. The third-order valence-corrected chi connectivity index (χ3v) is 8.48. The molecule has 1 saturated heterocycles. The van der Waals surface area contributed by atoms with Crippen molar-refractivity contribution in [3.05, 3.63) is 35.3 Å². The summed E-state index contributed by atoms with van der Waals surface area (Å²) < 4.78 is 13.1. The Bertz CT molecular complexity index is 1030. The minimum Gasteiger partial charge on any atom is -0.391 e. The number of nitrogens with one attached hydrogen (secondary N) is 1. The number of aryl methyl sites for hydroxylation is 2. The summed E-state index contributed by atoms with van der Waals surface area (Å²) >= 11 is 0. The number of hydrogen-bond donors (Lipinski definition) is 3. The van der Waals surface area contributed by atoms with Crippen LogP contribution in [0.15, 0.2) is 18.5 Å². The van der Waals surface area contributed by atoms with Crippen LogP contribution in [0, 0.1) is 30.6 Å². The quantitative estimate of drug-likeness (QED) is 0.275. The fraction of sp³-hybridized carbons (Fsp3) is 0.742. The SMILES string of the molecule is COCCCc1cnc2cc(C)c(CC(CC(N)C(O)CC(C(=O)NC[C@@H]3CCCO3)C(C)C)C(C)C)cn12. The molecule has 1 aliphatic heterocycles. The predicted octanol–water partition coefficient (Wildman–Crippen LogP) is 4.07. The van der Waals surface area contributed by atoms with Crippen LogP contribution in [-0.2, 0) is 27.1 Å². The van der Waals surface area contributed by atoms with Gasteiger partial charge < -0.3 is 30.0 Å². The molecule has 4 unspecified atom stereocenters. The van der Waals surface area contributed by atoms with Crippen LogP contribution < -0.4 is 11.1 Å². The van der Waals surface area contributed by atoms with Gasteiger partial charge in [-0.15, -0.1) is 0 Å². The normalized spacial score (nSPS) is 19.1. The number of nitrogens with two attached hydrogens (primary N) is 1. The van der Waals surface area contributed by atoms with Crippen LogP contribution in [0.1, 0.15) is 76.6 Å². The molecule has 8 heteroatoms. The number of carbonyl (C=O) groups excluding carboxylic acids is 1. The van der Waals surface area contributed by atoms with Crippen molar-refractivity contribution < 1.29 is 19.4 Å². The third-order valence-electron chi connectivity index (χ3n) is 8.48. The lowest BCUT2D eigenvalue weighted by molar-refractivity contribution is -0.128. The Morgan fingerprint density at radius 3 is 2.69 bits per heavy atom. The van der Waals surface area contributed by atoms with Crippen LogP contribution in [0.4, 0.5) is 0 Å². The van der Waals surface area contributed by atoms with E-state index in [1.807, 2.05) is 20.0 Å². The number of aliphatic hydroxyl groups is 1. The second-order valence-electron chi connectivity index (χ2n) is 12.2. The average molecular weight is 545 g/mol. The highest BCUT2D eigenvalue weighted by Crippen LogP contribution is 2.27. The van der Waals surface area contributed by atoms with Crippen molar-refractivity contribution in [2.75, 3.05) is 26.9 Å². The van der Waals surface area contributed by atoms with Gasteiger partial charge in [-0.1, -0.05) is 27.7 Å². The molecule has 0 aliphatic carbocycles. The second-order valence-corrected chi connectivity index (χ2v) is 12.2. The molecule has 3 heterocycles. The lowest BCUT2D eigenvalue weighted by atomic mass is 9.80. The molecule has 220 valence electrons. The number of hydrogen-bond acceptors (Lipinski definition) is 6. The summed E-state index contributed by atoms with van der Waals surface area (Å²) in [6, 6.07) is 1.76. The Morgan fingerprint density at radius 1 is 1.28 bits per heavy atom. The summed E-state index contributed by atoms with van der Waals surface area (Å²) in [5.41, 5.74) is 11.3. The second kappa shape index (κ2) is 15.1. The van der Waals surface area contributed by atoms with Crippen molar-refractivity contribution in [3.8, 4) is 0 Å². The summed E-state index contributed by atoms with van der Waals surface area (Å²) in [7, 11) is 1.73. The van der Waals surface area contributed by atoms with E-state index >= 15 is 0 Å². The Kier molecular flexibility index (Phi) is 12.2. The monoisotopic (exact) mass is 544 g/mol. The maximum atomic E-state index is 13.0. The van der Waals surface area contributed by atoms with E-state index in [1.165, 1.54) is 16.8 Å². The maximum absolute atomic E-state index is 13.0. The number of ether oxygens (including phenoxy) is 2. The highest BCUT2D eigenvalue weighted by atomic mass is 16.5. The van der Waals surface area contributed by atoms with Crippen LogP contribution in [0.5, 0.6) is 0 Å². The number of pyridine rings is 1. The number of carbonyl (C=O) groups is 1. The smallest absolute Gasteiger partial charge is 0.223 e. The Morgan fingerprint density at radius 2 is 2.05 bits per heavy atom. The van der Waals surface area contributed by atoms with Gasteiger partial charge in [0.05, 0.1) is 12.2 Å². The van der Waals surface area contributed by atoms with Gasteiger partial charge in [-0.05, 0) is 86.8 Å². The fourth-order valence-electron chi connectivity index (χ4n) is 5.66. The van der Waals surface area contributed by atoms with Gasteiger partial charge in [0, 0.05) is 56.9 Å². The summed E-state index contributed by atoms with van der Waals surface area (Å²) in [5, 5.41) is 14.2. The van der Waals surface area contributed by atoms with Crippen molar-refractivity contribution >= 4 is 11.6 Å². The van der Waals surface area contributed by atoms with Crippen LogP contribution in [-0.4, -0.2) is 65.5 Å². The molecule has 0 bridgehead atoms. The molecule has 2 aromatic heterocycles. The van der Waals surface area contributed by atoms with E-state index in [9.17, 15) is 9.90 Å². The summed E-state index contributed by atoms with van der Waals surface area (Å²) in [6.45, 7) is 12.7. The number of aromatic nitrogens is 2. The topological polar surface area (TPSA) is 111 Å². The van der Waals surface area contributed by atoms with E-state index in [0.717, 1.165) is 51.0 Å². The minimum atomic E-state index is -0.739. The first-order chi connectivity index (χ1) is 18.6. The van der Waals surface area contributed by atoms with Crippen LogP contribution in [0.25, 0.3) is 5.65 Å². The standard InChI is InChI=1S/C31H52N4O4/c1-20(2)23(14-24-19-35-25(9-7-11-38-6)17-33-30(35)13-22(24)5)15-28(32)29(36)16-27(21(3)4)31(37)34-18-26-10-8-12-39-26/h13,17,19-21,23,26-29,36H,7-12,14-16,18,32H2,1-6H3,(H,34,37)/t23?,26-,27?,28?,29?/m0/s1. The molecule has 39 heavy (non-hydrogen) atoms. The van der Waals surface area contributed by atoms with E-state index in [2.05, 4.69) is 47.7 Å². The molecule has 2 aromatic rings. The van der Waals surface area contributed by atoms with E-state index in [-0.39, 0.29) is 23.8 Å². The lowest BCUT2D eigenvalue weighted by Gasteiger charge is -2.30. The van der Waals surface area contributed by atoms with Gasteiger partial charge in [0.2, 0.25) is 5.91 Å². The van der Waals surface area contributed by atoms with E-state index in [4.69, 9.17) is 15.2 Å². The van der Waals surface area contributed by atoms with Crippen molar-refractivity contribution in [2.45, 2.75) is 97.8 Å². The molecule has 0 radical (unpaired) electrons. The molecular formula is C31H52N4O4. The summed E-state index contributed by atoms with van der Waals surface area (Å²) in [4.78, 5) is 17.6. The van der Waals surface area contributed by atoms with E-state index in [0.29, 0.717) is 31.2 Å². The first-order valence-corrected chi connectivity index (χ1v) is 14.9. The van der Waals surface area contributed by atoms with Gasteiger partial charge in [0.15, 0.2) is 0 Å². The molecule has 4 N–H and O–H groups in total. The van der Waals surface area contributed by atoms with Crippen LogP contribution >= 0.6 is 0 Å². The van der Waals surface area contributed by atoms with E-state index in [1.54, 1.807) is 7.11 Å². The number of rotatable bonds is 16. The number of imidazole rings is 1. The van der Waals surface area contributed by atoms with Crippen LogP contribution in [0.3, 0.4) is 0 Å². The zero-order valence-electron chi connectivity index (χ0n) is 25.0. The molecule has 1 amide bonds. The Hall–Kier alpha value is -2.00. The van der Waals surface area contributed by atoms with Gasteiger partial charge in [0.1, 0.15) is 5.65 Å². The molecule has 8 nitrogen and oxygen atoms in total. The Balaban J connectivity index is 1.63. The number of amides is 1. The highest BCUT2D eigenvalue weighted by molar-refractivity contribution is 5.79. The van der Waals surface area contributed by atoms with Crippen molar-refractivity contribution in [1.29, 1.82) is 0 Å². The zero-order chi connectivity index (χ0) is 28.5. The highest BCUT2D eigenvalue weighted by Gasteiger charge is 2.30. The van der Waals surface area contributed by atoms with Gasteiger partial charge in [0.25, 0.3) is 0 Å². The molecule has 1 fully saturated rings. The number of nitrogens with zero attached hydrogens (tertiary/aromatic N) is 2. The number of methoxy groups -OCH3 is 1. The number of fused-ring (bicyclic) bond motifs is 1. The average Bonchev–Trinajstić information content (AvgIpc) is 3.55. The van der Waals surface area contributed by atoms with Crippen molar-refractivity contribution in [3.63, 3.8) is 0 Å². The number of aliphatic hydroxyl groups excluding tert-OH is 1.